The lowest BCUT2D eigenvalue weighted by atomic mass is 9.68. The number of aromatic nitrogens is 4. The van der Waals surface area contributed by atoms with Crippen molar-refractivity contribution in [1.29, 1.82) is 0 Å². The lowest BCUT2D eigenvalue weighted by Crippen LogP contribution is -2.53. The topological polar surface area (TPSA) is 90.4 Å². The van der Waals surface area contributed by atoms with E-state index in [1.54, 1.807) is 24.8 Å². The molecule has 1 aromatic carbocycles. The number of methoxy groups -OCH3 is 1. The van der Waals surface area contributed by atoms with Crippen LogP contribution in [0.15, 0.2) is 48.5 Å². The normalized spacial score (nSPS) is 20.3. The zero-order chi connectivity index (χ0) is 23.8. The third-order valence-corrected chi connectivity index (χ3v) is 8.44. The fourth-order valence-electron chi connectivity index (χ4n) is 6.00. The largest absolute Gasteiger partial charge is 0.497 e. The van der Waals surface area contributed by atoms with E-state index >= 15 is 0 Å². The molecule has 3 aromatic heterocycles. The van der Waals surface area contributed by atoms with E-state index in [9.17, 15) is 5.11 Å². The van der Waals surface area contributed by atoms with Crippen molar-refractivity contribution in [2.45, 2.75) is 37.4 Å². The van der Waals surface area contributed by atoms with E-state index in [4.69, 9.17) is 4.74 Å². The number of nitrogens with one attached hydrogen (secondary N) is 1. The molecule has 5 heterocycles. The van der Waals surface area contributed by atoms with Gasteiger partial charge in [-0.25, -0.2) is 15.0 Å². The number of aliphatic hydroxyl groups is 1. The van der Waals surface area contributed by atoms with Crippen molar-refractivity contribution in [2.75, 3.05) is 33.4 Å². The molecule has 1 saturated heterocycles. The highest BCUT2D eigenvalue weighted by Crippen LogP contribution is 2.49. The molecule has 8 nitrogen and oxygen atoms in total. The number of benzene rings is 1. The lowest BCUT2D eigenvalue weighted by molar-refractivity contribution is 0.0419. The number of fused-ring (bicyclic) bond motifs is 4. The number of piperidine rings is 1. The van der Waals surface area contributed by atoms with Crippen LogP contribution in [-0.2, 0) is 18.5 Å². The zero-order valence-corrected chi connectivity index (χ0v) is 20.7. The van der Waals surface area contributed by atoms with E-state index in [0.717, 1.165) is 73.1 Å². The average molecular weight is 491 g/mol. The van der Waals surface area contributed by atoms with Crippen LogP contribution in [0.4, 0.5) is 0 Å². The minimum atomic E-state index is -0.0857. The molecule has 0 radical (unpaired) electrons. The van der Waals surface area contributed by atoms with Crippen molar-refractivity contribution in [3.8, 4) is 5.75 Å². The Bertz CT molecular complexity index is 1280. The molecule has 0 unspecified atom stereocenters. The maximum Gasteiger partial charge on any atom is 0.120 e. The summed E-state index contributed by atoms with van der Waals surface area (Å²) in [6, 6.07) is 6.22. The zero-order valence-electron chi connectivity index (χ0n) is 19.9. The van der Waals surface area contributed by atoms with E-state index in [1.165, 1.54) is 10.9 Å². The molecule has 1 atom stereocenters. The number of aromatic amines is 1. The smallest absolute Gasteiger partial charge is 0.120 e. The Kier molecular flexibility index (Phi) is 6.01. The van der Waals surface area contributed by atoms with Gasteiger partial charge in [0.05, 0.1) is 26.3 Å². The van der Waals surface area contributed by atoms with E-state index in [1.807, 2.05) is 30.0 Å². The Balaban J connectivity index is 1.37. The van der Waals surface area contributed by atoms with Crippen LogP contribution < -0.4 is 4.74 Å². The van der Waals surface area contributed by atoms with Crippen molar-refractivity contribution < 1.29 is 9.84 Å². The van der Waals surface area contributed by atoms with Gasteiger partial charge in [-0.3, -0.25) is 9.80 Å². The maximum atomic E-state index is 10.5. The molecule has 1 spiro atoms. The van der Waals surface area contributed by atoms with E-state index in [2.05, 4.69) is 41.9 Å². The van der Waals surface area contributed by atoms with Gasteiger partial charge in [0.15, 0.2) is 0 Å². The Morgan fingerprint density at radius 1 is 1.20 bits per heavy atom. The van der Waals surface area contributed by atoms with Crippen LogP contribution in [0.5, 0.6) is 5.75 Å². The molecule has 6 rings (SSSR count). The van der Waals surface area contributed by atoms with Crippen molar-refractivity contribution in [1.82, 2.24) is 29.7 Å². The van der Waals surface area contributed by atoms with Gasteiger partial charge < -0.3 is 14.8 Å². The first kappa shape index (κ1) is 22.6. The van der Waals surface area contributed by atoms with Gasteiger partial charge in [-0.2, -0.15) is 0 Å². The second-order valence-electron chi connectivity index (χ2n) is 9.66. The predicted octanol–water partition coefficient (Wildman–Crippen LogP) is 3.51. The van der Waals surface area contributed by atoms with Crippen LogP contribution in [0.25, 0.3) is 10.9 Å². The molecule has 4 aromatic rings. The molecular weight excluding hydrogens is 460 g/mol. The van der Waals surface area contributed by atoms with Gasteiger partial charge in [-0.15, -0.1) is 11.3 Å². The highest BCUT2D eigenvalue weighted by molar-refractivity contribution is 7.09. The third kappa shape index (κ3) is 4.12. The first-order valence-electron chi connectivity index (χ1n) is 12.1. The Hall–Kier alpha value is -2.85. The second kappa shape index (κ2) is 9.31. The summed E-state index contributed by atoms with van der Waals surface area (Å²) in [6.45, 7) is 4.60. The number of likely N-dealkylation sites (tertiary alicyclic amines) is 1. The minimum Gasteiger partial charge on any atom is -0.497 e. The molecule has 2 aliphatic heterocycles. The van der Waals surface area contributed by atoms with Gasteiger partial charge in [0, 0.05) is 70.7 Å². The Morgan fingerprint density at radius 3 is 2.74 bits per heavy atom. The molecule has 0 saturated carbocycles. The first-order chi connectivity index (χ1) is 17.2. The van der Waals surface area contributed by atoms with Gasteiger partial charge >= 0.3 is 0 Å². The van der Waals surface area contributed by atoms with E-state index in [0.29, 0.717) is 0 Å². The molecule has 2 aliphatic rings. The lowest BCUT2D eigenvalue weighted by Gasteiger charge is -2.50. The fraction of sp³-hybridized carbons (Fsp3) is 0.423. The summed E-state index contributed by atoms with van der Waals surface area (Å²) >= 11 is 1.68. The van der Waals surface area contributed by atoms with E-state index < -0.39 is 0 Å². The van der Waals surface area contributed by atoms with Crippen molar-refractivity contribution in [2.24, 2.45) is 0 Å². The summed E-state index contributed by atoms with van der Waals surface area (Å²) in [4.78, 5) is 21.5. The van der Waals surface area contributed by atoms with Gasteiger partial charge in [-0.05, 0) is 43.6 Å². The monoisotopic (exact) mass is 490 g/mol. The van der Waals surface area contributed by atoms with Gasteiger partial charge in [0.25, 0.3) is 0 Å². The molecule has 35 heavy (non-hydrogen) atoms. The van der Waals surface area contributed by atoms with Crippen molar-refractivity contribution >= 4 is 22.2 Å². The van der Waals surface area contributed by atoms with Crippen molar-refractivity contribution in [3.63, 3.8) is 0 Å². The number of thiazole rings is 1. The molecule has 1 fully saturated rings. The van der Waals surface area contributed by atoms with Crippen LogP contribution in [0, 0.1) is 0 Å². The summed E-state index contributed by atoms with van der Waals surface area (Å²) in [7, 11) is 1.70. The van der Waals surface area contributed by atoms with Crippen LogP contribution in [0.2, 0.25) is 0 Å². The third-order valence-electron chi connectivity index (χ3n) is 7.67. The van der Waals surface area contributed by atoms with Crippen LogP contribution in [0.3, 0.4) is 0 Å². The number of nitrogens with zero attached hydrogens (tertiary/aromatic N) is 5. The summed E-state index contributed by atoms with van der Waals surface area (Å²) < 4.78 is 5.50. The van der Waals surface area contributed by atoms with Gasteiger partial charge in [0.2, 0.25) is 0 Å². The van der Waals surface area contributed by atoms with Gasteiger partial charge in [-0.1, -0.05) is 0 Å². The van der Waals surface area contributed by atoms with Crippen LogP contribution in [-0.4, -0.2) is 68.2 Å². The molecule has 0 bridgehead atoms. The number of H-pyrrole nitrogens is 1. The summed E-state index contributed by atoms with van der Waals surface area (Å²) in [6.07, 6.45) is 9.37. The number of rotatable bonds is 6. The highest BCUT2D eigenvalue weighted by atomic mass is 32.1. The number of aliphatic hydroxyl groups excluding tert-OH is 1. The minimum absolute atomic E-state index is 0.00872. The molecule has 182 valence electrons. The second-order valence-corrected chi connectivity index (χ2v) is 10.6. The molecule has 0 aliphatic carbocycles. The van der Waals surface area contributed by atoms with Crippen LogP contribution >= 0.6 is 11.3 Å². The SMILES string of the molecule is COc1ccc2c3c([nH]c2c1)[C@H](CO)N(Cc1nccs1)CC31CCN(Cc2cncnc2)CC1. The average Bonchev–Trinajstić information content (AvgIpc) is 3.54. The Morgan fingerprint density at radius 2 is 2.03 bits per heavy atom. The quantitative estimate of drug-likeness (QED) is 0.427. The number of ether oxygens (including phenoxy) is 1. The van der Waals surface area contributed by atoms with Gasteiger partial charge in [0.1, 0.15) is 17.1 Å². The van der Waals surface area contributed by atoms with Crippen LogP contribution in [0.1, 0.15) is 40.7 Å². The molecule has 0 amide bonds. The maximum absolute atomic E-state index is 10.5. The Labute approximate surface area is 208 Å². The molecular formula is C26H30N6O2S. The number of hydrogen-bond donors (Lipinski definition) is 2. The fourth-order valence-corrected chi connectivity index (χ4v) is 6.64. The van der Waals surface area contributed by atoms with Crippen molar-refractivity contribution in [3.05, 3.63) is 70.3 Å². The predicted molar refractivity (Wildman–Crippen MR) is 135 cm³/mol. The summed E-state index contributed by atoms with van der Waals surface area (Å²) in [5.41, 5.74) is 4.76. The molecule has 9 heteroatoms. The molecule has 2 N–H and O–H groups in total. The standard InChI is InChI=1S/C26H30N6O2S/c1-34-19-2-3-20-21(10-19)30-25-22(15-33)32(14-23-29-6-9-35-23)16-26(24(20)25)4-7-31(8-5-26)13-18-11-27-17-28-12-18/h2-3,6,9-12,17,22,30,33H,4-5,7-8,13-16H2,1H3/t22-/m0/s1. The summed E-state index contributed by atoms with van der Waals surface area (Å²) in [5.74, 6) is 0.838. The highest BCUT2D eigenvalue weighted by Gasteiger charge is 2.47. The summed E-state index contributed by atoms with van der Waals surface area (Å²) in [5, 5.41) is 14.9. The van der Waals surface area contributed by atoms with E-state index in [-0.39, 0.29) is 18.1 Å². The number of hydrogen-bond acceptors (Lipinski definition) is 8. The first-order valence-corrected chi connectivity index (χ1v) is 13.0.